The van der Waals surface area contributed by atoms with Gasteiger partial charge >= 0.3 is 0 Å². The van der Waals surface area contributed by atoms with Gasteiger partial charge in [0.1, 0.15) is 6.10 Å². The van der Waals surface area contributed by atoms with Gasteiger partial charge in [-0.2, -0.15) is 0 Å². The van der Waals surface area contributed by atoms with Gasteiger partial charge in [0.05, 0.1) is 25.2 Å². The summed E-state index contributed by atoms with van der Waals surface area (Å²) in [7, 11) is 1.68. The second-order valence-electron chi connectivity index (χ2n) is 6.63. The molecule has 2 saturated heterocycles. The lowest BCUT2D eigenvalue weighted by molar-refractivity contribution is -0.155. The first-order valence-electron chi connectivity index (χ1n) is 8.51. The van der Waals surface area contributed by atoms with E-state index in [-0.39, 0.29) is 29.8 Å². The molecule has 25 heavy (non-hydrogen) atoms. The number of morpholine rings is 1. The molecule has 1 aromatic carbocycles. The highest BCUT2D eigenvalue weighted by Crippen LogP contribution is 2.34. The maximum atomic E-state index is 13.3. The number of halogens is 2. The monoisotopic (exact) mass is 432 g/mol. The molecule has 7 heteroatoms. The summed E-state index contributed by atoms with van der Waals surface area (Å²) in [6.07, 6.45) is 1.61. The molecule has 1 amide bonds. The van der Waals surface area contributed by atoms with Crippen molar-refractivity contribution >= 4 is 34.2 Å². The number of rotatable bonds is 4. The minimum Gasteiger partial charge on any atom is -0.384 e. The topological polar surface area (TPSA) is 50.8 Å². The first kappa shape index (κ1) is 20.6. The smallest absolute Gasteiger partial charge is 0.231 e. The third-order valence-electron chi connectivity index (χ3n) is 5.03. The molecule has 0 saturated carbocycles. The van der Waals surface area contributed by atoms with Gasteiger partial charge in [0.15, 0.2) is 0 Å². The van der Waals surface area contributed by atoms with E-state index in [0.717, 1.165) is 36.0 Å². The van der Waals surface area contributed by atoms with Gasteiger partial charge in [-0.15, -0.1) is 12.4 Å². The molecule has 3 rings (SSSR count). The maximum absolute atomic E-state index is 13.3. The Balaban J connectivity index is 0.00000225. The Morgan fingerprint density at radius 1 is 1.36 bits per heavy atom. The first-order chi connectivity index (χ1) is 11.6. The van der Waals surface area contributed by atoms with Crippen molar-refractivity contribution in [2.24, 2.45) is 5.41 Å². The summed E-state index contributed by atoms with van der Waals surface area (Å²) in [4.78, 5) is 15.2. The zero-order valence-corrected chi connectivity index (χ0v) is 16.9. The lowest BCUT2D eigenvalue weighted by Gasteiger charge is -2.42. The number of hydrogen-bond donors (Lipinski definition) is 1. The molecule has 0 aliphatic carbocycles. The summed E-state index contributed by atoms with van der Waals surface area (Å²) in [6.45, 7) is 4.08. The van der Waals surface area contributed by atoms with Gasteiger partial charge in [-0.1, -0.05) is 28.1 Å². The molecular formula is C18H26BrClN2O3. The fourth-order valence-electron chi connectivity index (χ4n) is 3.65. The van der Waals surface area contributed by atoms with E-state index in [1.54, 1.807) is 7.11 Å². The standard InChI is InChI=1S/C18H25BrN2O3.ClH/c1-23-13-18(6-8-20-9-7-18)17(22)21-10-11-24-16(12-21)14-2-4-15(19)5-3-14;/h2-5,16,20H,6-13H2,1H3;1H. The summed E-state index contributed by atoms with van der Waals surface area (Å²) in [6, 6.07) is 8.13. The summed E-state index contributed by atoms with van der Waals surface area (Å²) in [5.74, 6) is 0.219. The molecule has 140 valence electrons. The second kappa shape index (κ2) is 9.33. The summed E-state index contributed by atoms with van der Waals surface area (Å²) in [5.41, 5.74) is 0.725. The lowest BCUT2D eigenvalue weighted by atomic mass is 9.78. The van der Waals surface area contributed by atoms with E-state index in [1.807, 2.05) is 17.0 Å². The summed E-state index contributed by atoms with van der Waals surface area (Å²) in [5, 5.41) is 3.34. The van der Waals surface area contributed by atoms with E-state index in [4.69, 9.17) is 9.47 Å². The normalized spacial score (nSPS) is 23.0. The van der Waals surface area contributed by atoms with Crippen LogP contribution in [0.3, 0.4) is 0 Å². The predicted octanol–water partition coefficient (Wildman–Crippen LogP) is 2.79. The van der Waals surface area contributed by atoms with Crippen molar-refractivity contribution in [2.45, 2.75) is 18.9 Å². The van der Waals surface area contributed by atoms with Crippen LogP contribution in [0.15, 0.2) is 28.7 Å². The van der Waals surface area contributed by atoms with Crippen molar-refractivity contribution in [1.82, 2.24) is 10.2 Å². The molecule has 2 fully saturated rings. The Bertz CT molecular complexity index is 558. The summed E-state index contributed by atoms with van der Waals surface area (Å²) >= 11 is 3.46. The fourth-order valence-corrected chi connectivity index (χ4v) is 3.91. The molecule has 0 spiro atoms. The number of benzene rings is 1. The molecule has 5 nitrogen and oxygen atoms in total. The summed E-state index contributed by atoms with van der Waals surface area (Å²) < 4.78 is 12.4. The molecular weight excluding hydrogens is 408 g/mol. The SMILES string of the molecule is COCC1(C(=O)N2CCOC(c3ccc(Br)cc3)C2)CCNCC1.Cl. The molecule has 1 N–H and O–H groups in total. The van der Waals surface area contributed by atoms with Gasteiger partial charge in [0, 0.05) is 18.1 Å². The number of nitrogens with zero attached hydrogens (tertiary/aromatic N) is 1. The average Bonchev–Trinajstić information content (AvgIpc) is 2.63. The number of ether oxygens (including phenoxy) is 2. The van der Waals surface area contributed by atoms with E-state index in [9.17, 15) is 4.79 Å². The number of carbonyl (C=O) groups excluding carboxylic acids is 1. The number of nitrogens with one attached hydrogen (secondary N) is 1. The number of carbonyl (C=O) groups is 1. The van der Waals surface area contributed by atoms with Gasteiger partial charge < -0.3 is 19.7 Å². The van der Waals surface area contributed by atoms with E-state index < -0.39 is 0 Å². The van der Waals surface area contributed by atoms with Crippen LogP contribution in [0.5, 0.6) is 0 Å². The zero-order chi connectivity index (χ0) is 17.0. The fraction of sp³-hybridized carbons (Fsp3) is 0.611. The van der Waals surface area contributed by atoms with Crippen molar-refractivity contribution in [1.29, 1.82) is 0 Å². The van der Waals surface area contributed by atoms with Crippen LogP contribution in [0.25, 0.3) is 0 Å². The molecule has 0 bridgehead atoms. The van der Waals surface area contributed by atoms with Crippen LogP contribution >= 0.6 is 28.3 Å². The highest BCUT2D eigenvalue weighted by Gasteiger charge is 2.43. The molecule has 1 unspecified atom stereocenters. The Morgan fingerprint density at radius 2 is 2.04 bits per heavy atom. The van der Waals surface area contributed by atoms with Gasteiger partial charge in [0.2, 0.25) is 5.91 Å². The molecule has 1 aromatic rings. The molecule has 2 aliphatic rings. The minimum atomic E-state index is -0.387. The quantitative estimate of drug-likeness (QED) is 0.793. The lowest BCUT2D eigenvalue weighted by Crippen LogP contribution is -2.54. The van der Waals surface area contributed by atoms with E-state index in [1.165, 1.54) is 0 Å². The predicted molar refractivity (Wildman–Crippen MR) is 103 cm³/mol. The van der Waals surface area contributed by atoms with Crippen LogP contribution in [-0.4, -0.2) is 57.3 Å². The molecule has 1 atom stereocenters. The Labute approximate surface area is 164 Å². The van der Waals surface area contributed by atoms with Crippen LogP contribution in [0.1, 0.15) is 24.5 Å². The molecule has 0 radical (unpaired) electrons. The van der Waals surface area contributed by atoms with Crippen LogP contribution in [0, 0.1) is 5.41 Å². The van der Waals surface area contributed by atoms with Crippen molar-refractivity contribution in [3.63, 3.8) is 0 Å². The van der Waals surface area contributed by atoms with Crippen molar-refractivity contribution in [2.75, 3.05) is 46.5 Å². The van der Waals surface area contributed by atoms with Crippen LogP contribution in [-0.2, 0) is 14.3 Å². The van der Waals surface area contributed by atoms with E-state index in [0.29, 0.717) is 26.3 Å². The second-order valence-corrected chi connectivity index (χ2v) is 7.54. The zero-order valence-electron chi connectivity index (χ0n) is 14.5. The number of methoxy groups -OCH3 is 1. The average molecular weight is 434 g/mol. The Kier molecular flexibility index (Phi) is 7.70. The molecule has 0 aromatic heterocycles. The number of hydrogen-bond acceptors (Lipinski definition) is 4. The maximum Gasteiger partial charge on any atom is 0.231 e. The number of piperidine rings is 1. The van der Waals surface area contributed by atoms with Gasteiger partial charge in [-0.3, -0.25) is 4.79 Å². The minimum absolute atomic E-state index is 0. The van der Waals surface area contributed by atoms with Crippen molar-refractivity contribution < 1.29 is 14.3 Å². The van der Waals surface area contributed by atoms with E-state index in [2.05, 4.69) is 33.4 Å². The molecule has 2 aliphatic heterocycles. The van der Waals surface area contributed by atoms with Crippen molar-refractivity contribution in [3.8, 4) is 0 Å². The third-order valence-corrected chi connectivity index (χ3v) is 5.56. The molecule has 2 heterocycles. The first-order valence-corrected chi connectivity index (χ1v) is 9.30. The van der Waals surface area contributed by atoms with Gasteiger partial charge in [-0.05, 0) is 43.6 Å². The van der Waals surface area contributed by atoms with Crippen LogP contribution in [0.4, 0.5) is 0 Å². The highest BCUT2D eigenvalue weighted by molar-refractivity contribution is 9.10. The Morgan fingerprint density at radius 3 is 2.68 bits per heavy atom. The van der Waals surface area contributed by atoms with Crippen molar-refractivity contribution in [3.05, 3.63) is 34.3 Å². The number of amides is 1. The van der Waals surface area contributed by atoms with Gasteiger partial charge in [0.25, 0.3) is 0 Å². The Hall–Kier alpha value is -0.660. The highest BCUT2D eigenvalue weighted by atomic mass is 79.9. The largest absolute Gasteiger partial charge is 0.384 e. The van der Waals surface area contributed by atoms with Gasteiger partial charge in [-0.25, -0.2) is 0 Å². The third kappa shape index (κ3) is 4.74. The van der Waals surface area contributed by atoms with Crippen LogP contribution < -0.4 is 5.32 Å². The van der Waals surface area contributed by atoms with E-state index >= 15 is 0 Å². The van der Waals surface area contributed by atoms with Crippen LogP contribution in [0.2, 0.25) is 0 Å².